The number of thiazole rings is 1. The summed E-state index contributed by atoms with van der Waals surface area (Å²) in [6.07, 6.45) is 0. The lowest BCUT2D eigenvalue weighted by atomic mass is 9.96. The molecular weight excluding hydrogens is 240 g/mol. The molecular formula is C11H16N2O3S. The second-order valence-corrected chi connectivity index (χ2v) is 5.63. The Morgan fingerprint density at radius 1 is 1.35 bits per heavy atom. The first-order chi connectivity index (χ1) is 7.75. The predicted molar refractivity (Wildman–Crippen MR) is 66.3 cm³/mol. The van der Waals surface area contributed by atoms with Gasteiger partial charge in [0.1, 0.15) is 4.88 Å². The molecule has 0 saturated carbocycles. The number of esters is 1. The maximum atomic E-state index is 11.7. The van der Waals surface area contributed by atoms with Crippen LogP contribution < -0.4 is 5.32 Å². The normalized spacial score (nSPS) is 11.1. The van der Waals surface area contributed by atoms with Crippen LogP contribution in [0.15, 0.2) is 0 Å². The summed E-state index contributed by atoms with van der Waals surface area (Å²) in [6.45, 7) is 7.13. The van der Waals surface area contributed by atoms with Gasteiger partial charge in [0.05, 0.1) is 12.8 Å². The van der Waals surface area contributed by atoms with E-state index in [1.807, 2.05) is 20.8 Å². The number of methoxy groups -OCH3 is 1. The van der Waals surface area contributed by atoms with E-state index in [9.17, 15) is 9.59 Å². The van der Waals surface area contributed by atoms with Crippen LogP contribution >= 0.6 is 11.3 Å². The van der Waals surface area contributed by atoms with E-state index in [0.29, 0.717) is 15.7 Å². The highest BCUT2D eigenvalue weighted by atomic mass is 32.1. The summed E-state index contributed by atoms with van der Waals surface area (Å²) < 4.78 is 4.62. The Hall–Kier alpha value is -1.43. The van der Waals surface area contributed by atoms with Crippen molar-refractivity contribution in [3.05, 3.63) is 10.6 Å². The van der Waals surface area contributed by atoms with Gasteiger partial charge < -0.3 is 10.1 Å². The van der Waals surface area contributed by atoms with E-state index in [0.717, 1.165) is 11.3 Å². The fourth-order valence-electron chi connectivity index (χ4n) is 1.02. The van der Waals surface area contributed by atoms with E-state index < -0.39 is 11.4 Å². The van der Waals surface area contributed by atoms with Crippen molar-refractivity contribution in [2.45, 2.75) is 27.7 Å². The second kappa shape index (κ2) is 4.83. The largest absolute Gasteiger partial charge is 0.465 e. The number of rotatable bonds is 2. The van der Waals surface area contributed by atoms with Crippen molar-refractivity contribution in [1.82, 2.24) is 4.98 Å². The monoisotopic (exact) mass is 256 g/mol. The van der Waals surface area contributed by atoms with Crippen LogP contribution in [0.2, 0.25) is 0 Å². The number of carbonyl (C=O) groups is 2. The Kier molecular flexibility index (Phi) is 3.87. The Labute approximate surface area is 104 Å². The van der Waals surface area contributed by atoms with E-state index in [1.165, 1.54) is 7.11 Å². The summed E-state index contributed by atoms with van der Waals surface area (Å²) in [5, 5.41) is 3.10. The highest BCUT2D eigenvalue weighted by molar-refractivity contribution is 7.17. The number of amides is 1. The third-order valence-electron chi connectivity index (χ3n) is 2.07. The standard InChI is InChI=1S/C11H16N2O3S/c1-6-7(8(14)16-5)17-10(12-6)13-9(15)11(2,3)4/h1-5H3,(H,12,13,15). The second-order valence-electron chi connectivity index (χ2n) is 4.63. The molecule has 1 aromatic rings. The topological polar surface area (TPSA) is 68.3 Å². The molecule has 0 aliphatic rings. The van der Waals surface area contributed by atoms with Gasteiger partial charge in [0.2, 0.25) is 5.91 Å². The van der Waals surface area contributed by atoms with Crippen LogP contribution in [0.25, 0.3) is 0 Å². The molecule has 17 heavy (non-hydrogen) atoms. The number of nitrogens with one attached hydrogen (secondary N) is 1. The zero-order valence-corrected chi connectivity index (χ0v) is 11.4. The number of anilines is 1. The minimum absolute atomic E-state index is 0.136. The Morgan fingerprint density at radius 2 is 1.94 bits per heavy atom. The van der Waals surface area contributed by atoms with Crippen molar-refractivity contribution in [3.63, 3.8) is 0 Å². The molecule has 0 atom stereocenters. The molecule has 1 N–H and O–H groups in total. The van der Waals surface area contributed by atoms with E-state index in [4.69, 9.17) is 0 Å². The molecule has 6 heteroatoms. The molecule has 1 aromatic heterocycles. The SMILES string of the molecule is COC(=O)c1sc(NC(=O)C(C)(C)C)nc1C. The quantitative estimate of drug-likeness (QED) is 0.824. The number of nitrogens with zero attached hydrogens (tertiary/aromatic N) is 1. The van der Waals surface area contributed by atoms with E-state index in [1.54, 1.807) is 6.92 Å². The number of carbonyl (C=O) groups excluding carboxylic acids is 2. The Balaban J connectivity index is 2.88. The first-order valence-electron chi connectivity index (χ1n) is 5.13. The fourth-order valence-corrected chi connectivity index (χ4v) is 1.90. The summed E-state index contributed by atoms with van der Waals surface area (Å²) >= 11 is 1.12. The highest BCUT2D eigenvalue weighted by Crippen LogP contribution is 2.25. The number of ether oxygens (including phenoxy) is 1. The van der Waals surface area contributed by atoms with Gasteiger partial charge in [-0.25, -0.2) is 9.78 Å². The van der Waals surface area contributed by atoms with Crippen molar-refractivity contribution in [3.8, 4) is 0 Å². The van der Waals surface area contributed by atoms with Crippen LogP contribution in [0.5, 0.6) is 0 Å². The van der Waals surface area contributed by atoms with Gasteiger partial charge in [-0.15, -0.1) is 0 Å². The number of aromatic nitrogens is 1. The van der Waals surface area contributed by atoms with Crippen molar-refractivity contribution in [1.29, 1.82) is 0 Å². The molecule has 0 spiro atoms. The van der Waals surface area contributed by atoms with Gasteiger partial charge in [0.15, 0.2) is 5.13 Å². The van der Waals surface area contributed by atoms with Crippen molar-refractivity contribution in [2.75, 3.05) is 12.4 Å². The summed E-state index contributed by atoms with van der Waals surface area (Å²) in [6, 6.07) is 0. The van der Waals surface area contributed by atoms with Crippen molar-refractivity contribution >= 4 is 28.3 Å². The molecule has 0 unspecified atom stereocenters. The van der Waals surface area contributed by atoms with Crippen LogP contribution in [0.1, 0.15) is 36.1 Å². The molecule has 0 aromatic carbocycles. The van der Waals surface area contributed by atoms with E-state index >= 15 is 0 Å². The smallest absolute Gasteiger partial charge is 0.350 e. The summed E-state index contributed by atoms with van der Waals surface area (Å²) in [4.78, 5) is 27.6. The van der Waals surface area contributed by atoms with Crippen LogP contribution in [0.4, 0.5) is 5.13 Å². The lowest BCUT2D eigenvalue weighted by Crippen LogP contribution is -2.27. The average molecular weight is 256 g/mol. The summed E-state index contributed by atoms with van der Waals surface area (Å²) in [5.74, 6) is -0.570. The van der Waals surface area contributed by atoms with Gasteiger partial charge in [0, 0.05) is 5.41 Å². The maximum Gasteiger partial charge on any atom is 0.350 e. The minimum atomic E-state index is -0.495. The van der Waals surface area contributed by atoms with E-state index in [2.05, 4.69) is 15.0 Å². The summed E-state index contributed by atoms with van der Waals surface area (Å²) in [7, 11) is 1.31. The molecule has 1 amide bonds. The maximum absolute atomic E-state index is 11.7. The van der Waals surface area contributed by atoms with E-state index in [-0.39, 0.29) is 5.91 Å². The average Bonchev–Trinajstić information content (AvgIpc) is 2.57. The third-order valence-corrected chi connectivity index (χ3v) is 3.12. The van der Waals surface area contributed by atoms with Gasteiger partial charge in [0.25, 0.3) is 0 Å². The lowest BCUT2D eigenvalue weighted by Gasteiger charge is -2.15. The molecule has 0 aliphatic heterocycles. The zero-order chi connectivity index (χ0) is 13.2. The van der Waals surface area contributed by atoms with Crippen LogP contribution in [-0.2, 0) is 9.53 Å². The molecule has 1 heterocycles. The summed E-state index contributed by atoms with van der Waals surface area (Å²) in [5.41, 5.74) is 0.0661. The molecule has 0 radical (unpaired) electrons. The predicted octanol–water partition coefficient (Wildman–Crippen LogP) is 2.22. The highest BCUT2D eigenvalue weighted by Gasteiger charge is 2.23. The molecule has 0 bridgehead atoms. The molecule has 5 nitrogen and oxygen atoms in total. The van der Waals surface area contributed by atoms with Gasteiger partial charge in [-0.05, 0) is 6.92 Å². The Bertz CT molecular complexity index is 446. The van der Waals surface area contributed by atoms with Crippen LogP contribution in [0.3, 0.4) is 0 Å². The molecule has 0 saturated heterocycles. The van der Waals surface area contributed by atoms with Crippen LogP contribution in [-0.4, -0.2) is 24.0 Å². The molecule has 94 valence electrons. The number of hydrogen-bond donors (Lipinski definition) is 1. The van der Waals surface area contributed by atoms with Gasteiger partial charge in [-0.3, -0.25) is 4.79 Å². The first kappa shape index (κ1) is 13.6. The zero-order valence-electron chi connectivity index (χ0n) is 10.6. The molecule has 0 fully saturated rings. The van der Waals surface area contributed by atoms with Gasteiger partial charge in [-0.2, -0.15) is 0 Å². The van der Waals surface area contributed by atoms with Crippen LogP contribution in [0, 0.1) is 12.3 Å². The number of hydrogen-bond acceptors (Lipinski definition) is 5. The van der Waals surface area contributed by atoms with Gasteiger partial charge in [-0.1, -0.05) is 32.1 Å². The third kappa shape index (κ3) is 3.26. The minimum Gasteiger partial charge on any atom is -0.465 e. The fraction of sp³-hybridized carbons (Fsp3) is 0.545. The molecule has 0 aliphatic carbocycles. The van der Waals surface area contributed by atoms with Gasteiger partial charge >= 0.3 is 5.97 Å². The Morgan fingerprint density at radius 3 is 2.41 bits per heavy atom. The number of aryl methyl sites for hydroxylation is 1. The first-order valence-corrected chi connectivity index (χ1v) is 5.94. The molecule has 1 rings (SSSR count). The lowest BCUT2D eigenvalue weighted by molar-refractivity contribution is -0.123. The van der Waals surface area contributed by atoms with Crippen molar-refractivity contribution in [2.24, 2.45) is 5.41 Å². The van der Waals surface area contributed by atoms with Crippen molar-refractivity contribution < 1.29 is 14.3 Å².